The minimum Gasteiger partial charge on any atom is -0.423 e. The van der Waals surface area contributed by atoms with Gasteiger partial charge in [-0.1, -0.05) is 31.6 Å². The minimum absolute atomic E-state index is 0.129. The van der Waals surface area contributed by atoms with Crippen LogP contribution >= 0.6 is 0 Å². The van der Waals surface area contributed by atoms with Crippen LogP contribution < -0.4 is 4.74 Å². The highest BCUT2D eigenvalue weighted by Gasteiger charge is 2.71. The second-order valence-electron chi connectivity index (χ2n) is 6.50. The van der Waals surface area contributed by atoms with E-state index in [1.54, 1.807) is 0 Å². The highest BCUT2D eigenvalue weighted by molar-refractivity contribution is 5.83. The van der Waals surface area contributed by atoms with Crippen molar-refractivity contribution < 1.29 is 45.7 Å². The van der Waals surface area contributed by atoms with E-state index >= 15 is 0 Å². The van der Waals surface area contributed by atoms with Gasteiger partial charge in [0, 0.05) is 6.08 Å². The van der Waals surface area contributed by atoms with Gasteiger partial charge in [-0.15, -0.1) is 0 Å². The van der Waals surface area contributed by atoms with Crippen molar-refractivity contribution in [3.8, 4) is 5.75 Å². The topological polar surface area (TPSA) is 55.8 Å². The van der Waals surface area contributed by atoms with Crippen LogP contribution in [-0.4, -0.2) is 35.6 Å². The van der Waals surface area contributed by atoms with E-state index in [-0.39, 0.29) is 18.6 Å². The van der Waals surface area contributed by atoms with Crippen molar-refractivity contribution in [1.29, 1.82) is 0 Å². The molecule has 0 unspecified atom stereocenters. The van der Waals surface area contributed by atoms with Crippen LogP contribution in [-0.2, 0) is 15.1 Å². The number of halogens is 6. The third-order valence-corrected chi connectivity index (χ3v) is 4.67. The molecule has 156 valence electrons. The number of carbonyl (C=O) groups excluding carboxylic acids is 1. The van der Waals surface area contributed by atoms with Gasteiger partial charge in [0.25, 0.3) is 5.60 Å². The molecule has 2 rings (SSSR count). The Hall–Kier alpha value is -2.07. The second-order valence-corrected chi connectivity index (χ2v) is 6.50. The van der Waals surface area contributed by atoms with E-state index in [2.05, 4.69) is 6.58 Å². The molecular formula is C18H18F6O4. The lowest BCUT2D eigenvalue weighted by Crippen LogP contribution is -2.60. The molecule has 1 aromatic rings. The Bertz CT molecular complexity index is 688. The van der Waals surface area contributed by atoms with Gasteiger partial charge >= 0.3 is 18.3 Å². The van der Waals surface area contributed by atoms with Gasteiger partial charge in [-0.3, -0.25) is 0 Å². The first kappa shape index (κ1) is 22.2. The third-order valence-electron chi connectivity index (χ3n) is 4.67. The molecular weight excluding hydrogens is 394 g/mol. The first-order valence-electron chi connectivity index (χ1n) is 8.29. The fourth-order valence-electron chi connectivity index (χ4n) is 3.01. The highest BCUT2D eigenvalue weighted by Crippen LogP contribution is 2.47. The Labute approximate surface area is 156 Å². The average molecular weight is 412 g/mol. The van der Waals surface area contributed by atoms with Crippen molar-refractivity contribution in [1.82, 2.24) is 0 Å². The molecule has 0 heterocycles. The normalized spacial score (nSPS) is 17.4. The zero-order valence-electron chi connectivity index (χ0n) is 14.6. The molecule has 1 aliphatic carbocycles. The minimum atomic E-state index is -5.95. The van der Waals surface area contributed by atoms with Crippen LogP contribution in [0.3, 0.4) is 0 Å². The number of rotatable bonds is 6. The van der Waals surface area contributed by atoms with Crippen LogP contribution in [0.15, 0.2) is 36.9 Å². The predicted octanol–water partition coefficient (Wildman–Crippen LogP) is 4.42. The summed E-state index contributed by atoms with van der Waals surface area (Å²) in [5.41, 5.74) is -6.06. The molecule has 0 amide bonds. The number of carbonyl (C=O) groups is 1. The summed E-state index contributed by atoms with van der Waals surface area (Å²) in [6.07, 6.45) is -9.53. The molecule has 4 nitrogen and oxygen atoms in total. The first-order valence-corrected chi connectivity index (χ1v) is 8.29. The maximum atomic E-state index is 12.9. The largest absolute Gasteiger partial charge is 0.428 e. The molecule has 0 saturated heterocycles. The molecule has 10 heteroatoms. The number of alkyl halides is 6. The summed E-state index contributed by atoms with van der Waals surface area (Å²) in [5, 5.41) is 9.33. The fraction of sp³-hybridized carbons (Fsp3) is 0.500. The second kappa shape index (κ2) is 7.75. The molecule has 1 saturated carbocycles. The molecule has 1 aromatic carbocycles. The molecule has 0 radical (unpaired) electrons. The molecule has 1 N–H and O–H groups in total. The van der Waals surface area contributed by atoms with Crippen LogP contribution in [0.4, 0.5) is 26.3 Å². The Balaban J connectivity index is 2.27. The monoisotopic (exact) mass is 412 g/mol. The molecule has 0 atom stereocenters. The van der Waals surface area contributed by atoms with E-state index in [9.17, 15) is 36.2 Å². The predicted molar refractivity (Wildman–Crippen MR) is 85.4 cm³/mol. The number of benzene rings is 1. The molecule has 0 aromatic heterocycles. The Morgan fingerprint density at radius 3 is 2.00 bits per heavy atom. The number of esters is 1. The van der Waals surface area contributed by atoms with Crippen LogP contribution in [0.5, 0.6) is 5.75 Å². The summed E-state index contributed by atoms with van der Waals surface area (Å²) in [4.78, 5) is 11.2. The fourth-order valence-corrected chi connectivity index (χ4v) is 3.01. The van der Waals surface area contributed by atoms with E-state index in [0.29, 0.717) is 18.4 Å². The lowest BCUT2D eigenvalue weighted by molar-refractivity contribution is -0.383. The van der Waals surface area contributed by atoms with Crippen molar-refractivity contribution in [3.05, 3.63) is 42.5 Å². The van der Waals surface area contributed by atoms with E-state index in [1.807, 2.05) is 0 Å². The van der Waals surface area contributed by atoms with Crippen molar-refractivity contribution in [2.45, 2.75) is 49.2 Å². The van der Waals surface area contributed by atoms with Crippen molar-refractivity contribution in [3.63, 3.8) is 0 Å². The number of hydrogen-bond donors (Lipinski definition) is 1. The number of hydrogen-bond acceptors (Lipinski definition) is 4. The van der Waals surface area contributed by atoms with Gasteiger partial charge in [-0.2, -0.15) is 26.3 Å². The Morgan fingerprint density at radius 2 is 1.57 bits per heavy atom. The molecule has 0 spiro atoms. The van der Waals surface area contributed by atoms with Gasteiger partial charge in [0.15, 0.2) is 0 Å². The van der Waals surface area contributed by atoms with E-state index in [1.165, 1.54) is 24.3 Å². The summed E-state index contributed by atoms with van der Waals surface area (Å²) in [7, 11) is 0. The Kier molecular flexibility index (Phi) is 6.15. The molecule has 28 heavy (non-hydrogen) atoms. The van der Waals surface area contributed by atoms with E-state index < -0.39 is 36.1 Å². The van der Waals surface area contributed by atoms with Gasteiger partial charge in [-0.05, 0) is 30.5 Å². The summed E-state index contributed by atoms with van der Waals surface area (Å²) in [6, 6.07) is 5.49. The zero-order valence-corrected chi connectivity index (χ0v) is 14.6. The molecule has 1 aliphatic rings. The van der Waals surface area contributed by atoms with Crippen molar-refractivity contribution in [2.24, 2.45) is 0 Å². The molecule has 0 aliphatic heterocycles. The zero-order chi connectivity index (χ0) is 21.2. The lowest BCUT2D eigenvalue weighted by Gasteiger charge is -2.37. The molecule has 0 bridgehead atoms. The highest BCUT2D eigenvalue weighted by atomic mass is 19.4. The van der Waals surface area contributed by atoms with Gasteiger partial charge in [0.1, 0.15) is 5.75 Å². The lowest BCUT2D eigenvalue weighted by atomic mass is 9.91. The standard InChI is InChI=1S/C18H18F6O4/c1-2-14(25)28-13-7-5-12(6-8-13)15(9-3-4-10-15)27-11-16(26,17(19,20)21)18(22,23)24/h2,5-8,26H,1,3-4,9-11H2. The van der Waals surface area contributed by atoms with Crippen LogP contribution in [0.1, 0.15) is 31.2 Å². The van der Waals surface area contributed by atoms with Crippen LogP contribution in [0.2, 0.25) is 0 Å². The average Bonchev–Trinajstić information content (AvgIpc) is 3.08. The van der Waals surface area contributed by atoms with Gasteiger partial charge in [0.2, 0.25) is 0 Å². The number of ether oxygens (including phenoxy) is 2. The first-order chi connectivity index (χ1) is 12.8. The van der Waals surface area contributed by atoms with Crippen molar-refractivity contribution in [2.75, 3.05) is 6.61 Å². The molecule has 1 fully saturated rings. The van der Waals surface area contributed by atoms with Gasteiger partial charge < -0.3 is 14.6 Å². The summed E-state index contributed by atoms with van der Waals surface area (Å²) in [6.45, 7) is 1.25. The Morgan fingerprint density at radius 1 is 1.07 bits per heavy atom. The SMILES string of the molecule is C=CC(=O)Oc1ccc(C2(OCC(O)(C(F)(F)F)C(F)(F)F)CCCC2)cc1. The summed E-state index contributed by atoms with van der Waals surface area (Å²) < 4.78 is 87.4. The summed E-state index contributed by atoms with van der Waals surface area (Å²) in [5.74, 6) is -0.594. The van der Waals surface area contributed by atoms with Crippen molar-refractivity contribution >= 4 is 5.97 Å². The van der Waals surface area contributed by atoms with E-state index in [0.717, 1.165) is 6.08 Å². The van der Waals surface area contributed by atoms with Crippen LogP contribution in [0, 0.1) is 0 Å². The quantitative estimate of drug-likeness (QED) is 0.325. The van der Waals surface area contributed by atoms with Gasteiger partial charge in [-0.25, -0.2) is 4.79 Å². The maximum absolute atomic E-state index is 12.9. The van der Waals surface area contributed by atoms with E-state index in [4.69, 9.17) is 9.47 Å². The third kappa shape index (κ3) is 4.33. The smallest absolute Gasteiger partial charge is 0.423 e. The maximum Gasteiger partial charge on any atom is 0.428 e. The summed E-state index contributed by atoms with van der Waals surface area (Å²) >= 11 is 0. The van der Waals surface area contributed by atoms with Crippen LogP contribution in [0.25, 0.3) is 0 Å². The number of aliphatic hydroxyl groups is 1. The van der Waals surface area contributed by atoms with Gasteiger partial charge in [0.05, 0.1) is 12.2 Å².